The fourth-order valence-electron chi connectivity index (χ4n) is 4.74. The minimum absolute atomic E-state index is 0.155. The number of aliphatic hydroxyl groups excluding tert-OH is 1. The number of phenolic OH excluding ortho intramolecular Hbond substituents is 1. The van der Waals surface area contributed by atoms with Crippen LogP contribution in [0.1, 0.15) is 48.4 Å². The number of hydrogen-bond donors (Lipinski definition) is 3. The Labute approximate surface area is 203 Å². The van der Waals surface area contributed by atoms with Crippen molar-refractivity contribution in [2.75, 3.05) is 37.7 Å². The number of anilines is 1. The van der Waals surface area contributed by atoms with Crippen LogP contribution in [0.5, 0.6) is 5.75 Å². The number of nitrogens with one attached hydrogen (secondary N) is 1. The van der Waals surface area contributed by atoms with E-state index in [0.717, 1.165) is 62.1 Å². The van der Waals surface area contributed by atoms with Crippen molar-refractivity contribution in [3.63, 3.8) is 0 Å². The Morgan fingerprint density at radius 2 is 1.41 bits per heavy atom. The summed E-state index contributed by atoms with van der Waals surface area (Å²) in [6.07, 6.45) is 3.69. The van der Waals surface area contributed by atoms with Crippen LogP contribution in [0.2, 0.25) is 0 Å². The van der Waals surface area contributed by atoms with Crippen LogP contribution in [0, 0.1) is 0 Å². The normalized spacial score (nSPS) is 14.7. The van der Waals surface area contributed by atoms with Gasteiger partial charge in [-0.15, -0.1) is 0 Å². The van der Waals surface area contributed by atoms with Gasteiger partial charge in [0.15, 0.2) is 0 Å². The molecule has 0 aliphatic carbocycles. The molecule has 3 aromatic carbocycles. The van der Waals surface area contributed by atoms with Crippen molar-refractivity contribution in [1.29, 1.82) is 0 Å². The summed E-state index contributed by atoms with van der Waals surface area (Å²) < 4.78 is 0. The fraction of sp³-hybridized carbons (Fsp3) is 0.333. The second-order valence-corrected chi connectivity index (χ2v) is 8.96. The SMILES string of the molecule is CCCc1ccc(/C(CCCO)=C(/c2ccc(O)cc2)c2ccc(N3CCNCC3)cc2)cc1. The lowest BCUT2D eigenvalue weighted by Gasteiger charge is -2.29. The third-order valence-electron chi connectivity index (χ3n) is 6.52. The molecule has 1 heterocycles. The number of benzene rings is 3. The van der Waals surface area contributed by atoms with Crippen LogP contribution in [0.25, 0.3) is 11.1 Å². The zero-order valence-electron chi connectivity index (χ0n) is 20.1. The van der Waals surface area contributed by atoms with Crippen molar-refractivity contribution in [2.45, 2.75) is 32.6 Å². The first kappa shape index (κ1) is 24.1. The van der Waals surface area contributed by atoms with Crippen molar-refractivity contribution in [2.24, 2.45) is 0 Å². The Morgan fingerprint density at radius 1 is 0.824 bits per heavy atom. The molecule has 34 heavy (non-hydrogen) atoms. The van der Waals surface area contributed by atoms with Gasteiger partial charge in [0, 0.05) is 38.5 Å². The first-order valence-electron chi connectivity index (χ1n) is 12.5. The van der Waals surface area contributed by atoms with Crippen molar-refractivity contribution in [1.82, 2.24) is 5.32 Å². The molecular weight excluding hydrogens is 420 g/mol. The van der Waals surface area contributed by atoms with Gasteiger partial charge in [0.1, 0.15) is 5.75 Å². The molecule has 4 nitrogen and oxygen atoms in total. The van der Waals surface area contributed by atoms with E-state index < -0.39 is 0 Å². The Kier molecular flexibility index (Phi) is 8.40. The van der Waals surface area contributed by atoms with E-state index in [1.165, 1.54) is 22.4 Å². The molecule has 4 rings (SSSR count). The zero-order chi connectivity index (χ0) is 23.8. The molecule has 0 saturated carbocycles. The molecule has 0 aromatic heterocycles. The average molecular weight is 457 g/mol. The maximum Gasteiger partial charge on any atom is 0.115 e. The molecule has 1 saturated heterocycles. The highest BCUT2D eigenvalue weighted by Crippen LogP contribution is 2.36. The van der Waals surface area contributed by atoms with Crippen LogP contribution in [0.3, 0.4) is 0 Å². The molecule has 3 N–H and O–H groups in total. The second kappa shape index (κ2) is 11.9. The number of aromatic hydroxyl groups is 1. The lowest BCUT2D eigenvalue weighted by molar-refractivity contribution is 0.290. The molecule has 0 amide bonds. The van der Waals surface area contributed by atoms with Gasteiger partial charge in [-0.2, -0.15) is 0 Å². The summed E-state index contributed by atoms with van der Waals surface area (Å²) in [5.74, 6) is 0.262. The van der Waals surface area contributed by atoms with Gasteiger partial charge >= 0.3 is 0 Å². The quantitative estimate of drug-likeness (QED) is 0.373. The molecule has 0 atom stereocenters. The van der Waals surface area contributed by atoms with E-state index in [2.05, 4.69) is 65.7 Å². The molecule has 4 heteroatoms. The largest absolute Gasteiger partial charge is 0.508 e. The van der Waals surface area contributed by atoms with E-state index in [1.54, 1.807) is 12.1 Å². The van der Waals surface area contributed by atoms with E-state index in [0.29, 0.717) is 6.42 Å². The minimum Gasteiger partial charge on any atom is -0.508 e. The van der Waals surface area contributed by atoms with Crippen molar-refractivity contribution >= 4 is 16.8 Å². The highest BCUT2D eigenvalue weighted by atomic mass is 16.3. The van der Waals surface area contributed by atoms with Gasteiger partial charge in [-0.25, -0.2) is 0 Å². The van der Waals surface area contributed by atoms with E-state index >= 15 is 0 Å². The van der Waals surface area contributed by atoms with Crippen molar-refractivity contribution < 1.29 is 10.2 Å². The van der Waals surface area contributed by atoms with Crippen LogP contribution >= 0.6 is 0 Å². The lowest BCUT2D eigenvalue weighted by Crippen LogP contribution is -2.43. The van der Waals surface area contributed by atoms with Gasteiger partial charge in [-0.05, 0) is 76.9 Å². The van der Waals surface area contributed by atoms with Gasteiger partial charge in [0.2, 0.25) is 0 Å². The van der Waals surface area contributed by atoms with Gasteiger partial charge in [0.05, 0.1) is 0 Å². The summed E-state index contributed by atoms with van der Waals surface area (Å²) in [5.41, 5.74) is 8.37. The molecule has 178 valence electrons. The molecule has 1 aliphatic rings. The second-order valence-electron chi connectivity index (χ2n) is 8.96. The predicted molar refractivity (Wildman–Crippen MR) is 142 cm³/mol. The molecule has 1 fully saturated rings. The molecule has 1 aliphatic heterocycles. The third-order valence-corrected chi connectivity index (χ3v) is 6.52. The first-order valence-corrected chi connectivity index (χ1v) is 12.5. The smallest absolute Gasteiger partial charge is 0.115 e. The number of hydrogen-bond acceptors (Lipinski definition) is 4. The standard InChI is InChI=1S/C30H36N2O2/c1-2-4-23-6-8-24(9-7-23)29(5-3-22-33)30(26-12-16-28(34)17-13-26)25-10-14-27(15-11-25)32-20-18-31-19-21-32/h6-17,31,33-34H,2-5,18-22H2,1H3/b30-29+. The minimum atomic E-state index is 0.155. The highest BCUT2D eigenvalue weighted by Gasteiger charge is 2.16. The number of rotatable bonds is 9. The number of phenols is 1. The zero-order valence-corrected chi connectivity index (χ0v) is 20.1. The Balaban J connectivity index is 1.80. The number of allylic oxidation sites excluding steroid dienone is 1. The van der Waals surface area contributed by atoms with Crippen molar-refractivity contribution in [3.8, 4) is 5.75 Å². The topological polar surface area (TPSA) is 55.7 Å². The maximum atomic E-state index is 9.91. The molecule has 0 unspecified atom stereocenters. The summed E-state index contributed by atoms with van der Waals surface area (Å²) in [6.45, 7) is 6.42. The van der Waals surface area contributed by atoms with Crippen LogP contribution in [-0.4, -0.2) is 43.0 Å². The van der Waals surface area contributed by atoms with Gasteiger partial charge in [-0.3, -0.25) is 0 Å². The summed E-state index contributed by atoms with van der Waals surface area (Å²) in [5, 5.41) is 23.0. The number of aryl methyl sites for hydroxylation is 1. The number of aliphatic hydroxyl groups is 1. The molecule has 0 spiro atoms. The first-order chi connectivity index (χ1) is 16.7. The molecular formula is C30H36N2O2. The predicted octanol–water partition coefficient (Wildman–Crippen LogP) is 5.49. The van der Waals surface area contributed by atoms with Crippen LogP contribution in [0.15, 0.2) is 72.8 Å². The third kappa shape index (κ3) is 5.88. The maximum absolute atomic E-state index is 9.91. The van der Waals surface area contributed by atoms with Crippen LogP contribution in [-0.2, 0) is 6.42 Å². The van der Waals surface area contributed by atoms with Gasteiger partial charge in [-0.1, -0.05) is 61.9 Å². The molecule has 0 radical (unpaired) electrons. The Bertz CT molecular complexity index is 1060. The van der Waals surface area contributed by atoms with E-state index in [-0.39, 0.29) is 12.4 Å². The lowest BCUT2D eigenvalue weighted by atomic mass is 9.86. The fourth-order valence-corrected chi connectivity index (χ4v) is 4.74. The monoisotopic (exact) mass is 456 g/mol. The summed E-state index contributed by atoms with van der Waals surface area (Å²) in [4.78, 5) is 2.42. The number of nitrogens with zero attached hydrogens (tertiary/aromatic N) is 1. The Morgan fingerprint density at radius 3 is 2.00 bits per heavy atom. The summed E-state index contributed by atoms with van der Waals surface area (Å²) >= 11 is 0. The molecule has 3 aromatic rings. The average Bonchev–Trinajstić information content (AvgIpc) is 2.89. The highest BCUT2D eigenvalue weighted by molar-refractivity contribution is 5.98. The van der Waals surface area contributed by atoms with Crippen molar-refractivity contribution in [3.05, 3.63) is 95.1 Å². The van der Waals surface area contributed by atoms with Crippen LogP contribution in [0.4, 0.5) is 5.69 Å². The van der Waals surface area contributed by atoms with E-state index in [1.807, 2.05) is 12.1 Å². The Hall–Kier alpha value is -3.08. The van der Waals surface area contributed by atoms with Crippen LogP contribution < -0.4 is 10.2 Å². The van der Waals surface area contributed by atoms with E-state index in [4.69, 9.17) is 0 Å². The summed E-state index contributed by atoms with van der Waals surface area (Å²) in [6, 6.07) is 25.2. The molecule has 0 bridgehead atoms. The van der Waals surface area contributed by atoms with Gasteiger partial charge < -0.3 is 20.4 Å². The van der Waals surface area contributed by atoms with E-state index in [9.17, 15) is 10.2 Å². The summed E-state index contributed by atoms with van der Waals surface area (Å²) in [7, 11) is 0. The number of piperazine rings is 1. The van der Waals surface area contributed by atoms with Gasteiger partial charge in [0.25, 0.3) is 0 Å².